The van der Waals surface area contributed by atoms with Crippen LogP contribution in [0.25, 0.3) is 0 Å². The van der Waals surface area contributed by atoms with Gasteiger partial charge in [0.25, 0.3) is 0 Å². The van der Waals surface area contributed by atoms with E-state index in [1.54, 1.807) is 24.3 Å². The van der Waals surface area contributed by atoms with E-state index in [2.05, 4.69) is 0 Å². The van der Waals surface area contributed by atoms with Gasteiger partial charge < -0.3 is 10.5 Å². The number of anilines is 1. The molecule has 0 aromatic heterocycles. The van der Waals surface area contributed by atoms with Gasteiger partial charge in [-0.05, 0) is 36.4 Å². The fourth-order valence-corrected chi connectivity index (χ4v) is 2.82. The Balaban J connectivity index is 2.03. The monoisotopic (exact) mass is 313 g/mol. The molecule has 0 aliphatic rings. The number of sulfone groups is 1. The number of nitrogens with two attached hydrogens (primary N) is 1. The SMILES string of the molecule is Nc1ccc(OCCS(=O)(=O)c2ccc(F)cc2F)cc1. The van der Waals surface area contributed by atoms with Crippen molar-refractivity contribution in [2.45, 2.75) is 4.90 Å². The molecule has 2 rings (SSSR count). The van der Waals surface area contributed by atoms with Crippen molar-refractivity contribution in [3.05, 3.63) is 54.1 Å². The largest absolute Gasteiger partial charge is 0.493 e. The van der Waals surface area contributed by atoms with Gasteiger partial charge in [0.15, 0.2) is 9.84 Å². The van der Waals surface area contributed by atoms with E-state index in [1.165, 1.54) is 0 Å². The molecule has 0 aliphatic heterocycles. The minimum absolute atomic E-state index is 0.150. The molecule has 2 N–H and O–H groups in total. The lowest BCUT2D eigenvalue weighted by molar-refractivity contribution is 0.340. The summed E-state index contributed by atoms with van der Waals surface area (Å²) in [5.41, 5.74) is 6.06. The van der Waals surface area contributed by atoms with E-state index in [-0.39, 0.29) is 6.61 Å². The highest BCUT2D eigenvalue weighted by Crippen LogP contribution is 2.18. The van der Waals surface area contributed by atoms with Gasteiger partial charge in [0.2, 0.25) is 0 Å². The number of hydrogen-bond acceptors (Lipinski definition) is 4. The third-order valence-electron chi connectivity index (χ3n) is 2.73. The zero-order valence-electron chi connectivity index (χ0n) is 10.9. The van der Waals surface area contributed by atoms with Crippen molar-refractivity contribution in [3.63, 3.8) is 0 Å². The molecule has 0 atom stereocenters. The minimum atomic E-state index is -3.88. The predicted octanol–water partition coefficient (Wildman–Crippen LogP) is 2.40. The third-order valence-corrected chi connectivity index (χ3v) is 4.44. The van der Waals surface area contributed by atoms with Gasteiger partial charge in [0, 0.05) is 11.8 Å². The van der Waals surface area contributed by atoms with Crippen LogP contribution in [0, 0.1) is 11.6 Å². The molecule has 7 heteroatoms. The molecule has 0 radical (unpaired) electrons. The molecule has 0 amide bonds. The van der Waals surface area contributed by atoms with E-state index < -0.39 is 32.1 Å². The lowest BCUT2D eigenvalue weighted by Gasteiger charge is -2.08. The third kappa shape index (κ3) is 3.91. The molecule has 2 aromatic rings. The number of halogens is 2. The maximum atomic E-state index is 13.5. The second kappa shape index (κ2) is 6.09. The Morgan fingerprint density at radius 1 is 1.05 bits per heavy atom. The number of rotatable bonds is 5. The molecular formula is C14H13F2NO3S. The van der Waals surface area contributed by atoms with Gasteiger partial charge in [-0.25, -0.2) is 17.2 Å². The maximum Gasteiger partial charge on any atom is 0.184 e. The Kier molecular flexibility index (Phi) is 4.42. The van der Waals surface area contributed by atoms with Gasteiger partial charge in [0.05, 0.1) is 5.75 Å². The predicted molar refractivity (Wildman–Crippen MR) is 74.8 cm³/mol. The number of hydrogen-bond donors (Lipinski definition) is 1. The number of ether oxygens (including phenoxy) is 1. The molecule has 112 valence electrons. The van der Waals surface area contributed by atoms with Crippen molar-refractivity contribution in [1.29, 1.82) is 0 Å². The molecular weight excluding hydrogens is 300 g/mol. The van der Waals surface area contributed by atoms with E-state index >= 15 is 0 Å². The summed E-state index contributed by atoms with van der Waals surface area (Å²) in [4.78, 5) is -0.537. The molecule has 0 aliphatic carbocycles. The Bertz CT molecular complexity index is 730. The highest BCUT2D eigenvalue weighted by atomic mass is 32.2. The Morgan fingerprint density at radius 3 is 2.33 bits per heavy atom. The van der Waals surface area contributed by atoms with Crippen LogP contribution in [0.2, 0.25) is 0 Å². The zero-order chi connectivity index (χ0) is 15.5. The summed E-state index contributed by atoms with van der Waals surface area (Å²) in [6.07, 6.45) is 0. The average Bonchev–Trinajstić information content (AvgIpc) is 2.40. The quantitative estimate of drug-likeness (QED) is 0.680. The molecule has 0 unspecified atom stereocenters. The van der Waals surface area contributed by atoms with Crippen molar-refractivity contribution >= 4 is 15.5 Å². The van der Waals surface area contributed by atoms with Gasteiger partial charge >= 0.3 is 0 Å². The van der Waals surface area contributed by atoms with Gasteiger partial charge in [-0.1, -0.05) is 0 Å². The molecule has 0 saturated carbocycles. The molecule has 4 nitrogen and oxygen atoms in total. The molecule has 0 saturated heterocycles. The summed E-state index contributed by atoms with van der Waals surface area (Å²) in [6, 6.07) is 8.77. The Hall–Kier alpha value is -2.15. The minimum Gasteiger partial charge on any atom is -0.493 e. The molecule has 2 aromatic carbocycles. The Labute approximate surface area is 121 Å². The highest BCUT2D eigenvalue weighted by molar-refractivity contribution is 7.91. The smallest absolute Gasteiger partial charge is 0.184 e. The lowest BCUT2D eigenvalue weighted by atomic mass is 10.3. The maximum absolute atomic E-state index is 13.5. The van der Waals surface area contributed by atoms with Gasteiger partial charge in [-0.15, -0.1) is 0 Å². The van der Waals surface area contributed by atoms with Crippen molar-refractivity contribution in [2.75, 3.05) is 18.1 Å². The zero-order valence-corrected chi connectivity index (χ0v) is 11.7. The van der Waals surface area contributed by atoms with Crippen molar-refractivity contribution < 1.29 is 21.9 Å². The van der Waals surface area contributed by atoms with Crippen LogP contribution in [0.4, 0.5) is 14.5 Å². The fraction of sp³-hybridized carbons (Fsp3) is 0.143. The van der Waals surface area contributed by atoms with Crippen LogP contribution in [-0.4, -0.2) is 20.8 Å². The summed E-state index contributed by atoms with van der Waals surface area (Å²) >= 11 is 0. The summed E-state index contributed by atoms with van der Waals surface area (Å²) in [7, 11) is -3.88. The second-order valence-corrected chi connectivity index (χ2v) is 6.39. The van der Waals surface area contributed by atoms with E-state index in [9.17, 15) is 17.2 Å². The van der Waals surface area contributed by atoms with Crippen molar-refractivity contribution in [1.82, 2.24) is 0 Å². The Morgan fingerprint density at radius 2 is 1.71 bits per heavy atom. The van der Waals surface area contributed by atoms with E-state index in [4.69, 9.17) is 10.5 Å². The van der Waals surface area contributed by atoms with Gasteiger partial charge in [-0.3, -0.25) is 0 Å². The number of nitrogen functional groups attached to an aromatic ring is 1. The highest BCUT2D eigenvalue weighted by Gasteiger charge is 2.19. The van der Waals surface area contributed by atoms with Gasteiger partial charge in [0.1, 0.15) is 28.9 Å². The summed E-state index contributed by atoms with van der Waals surface area (Å²) in [5, 5.41) is 0. The van der Waals surface area contributed by atoms with Crippen LogP contribution in [0.1, 0.15) is 0 Å². The fourth-order valence-electron chi connectivity index (χ4n) is 1.67. The normalized spacial score (nSPS) is 11.3. The molecule has 21 heavy (non-hydrogen) atoms. The number of benzene rings is 2. The van der Waals surface area contributed by atoms with E-state index in [1.807, 2.05) is 0 Å². The standard InChI is InChI=1S/C14H13F2NO3S/c15-10-1-6-14(13(16)9-10)21(18,19)8-7-20-12-4-2-11(17)3-5-12/h1-6,9H,7-8,17H2. The topological polar surface area (TPSA) is 69.4 Å². The van der Waals surface area contributed by atoms with Crippen LogP contribution in [0.5, 0.6) is 5.75 Å². The lowest BCUT2D eigenvalue weighted by Crippen LogP contribution is -2.15. The molecule has 0 spiro atoms. The van der Waals surface area contributed by atoms with Crippen LogP contribution in [0.15, 0.2) is 47.4 Å². The van der Waals surface area contributed by atoms with Crippen molar-refractivity contribution in [3.8, 4) is 5.75 Å². The summed E-state index contributed by atoms with van der Waals surface area (Å²) in [6.45, 7) is -0.150. The van der Waals surface area contributed by atoms with Crippen LogP contribution < -0.4 is 10.5 Å². The van der Waals surface area contributed by atoms with Gasteiger partial charge in [-0.2, -0.15) is 0 Å². The van der Waals surface area contributed by atoms with Crippen LogP contribution >= 0.6 is 0 Å². The summed E-state index contributed by atoms with van der Waals surface area (Å²) in [5.74, 6) is -1.90. The molecule has 0 fully saturated rings. The summed E-state index contributed by atoms with van der Waals surface area (Å²) < 4.78 is 55.4. The molecule has 0 heterocycles. The first kappa shape index (κ1) is 15.2. The van der Waals surface area contributed by atoms with Crippen molar-refractivity contribution in [2.24, 2.45) is 0 Å². The first-order valence-electron chi connectivity index (χ1n) is 6.04. The van der Waals surface area contributed by atoms with Crippen LogP contribution in [-0.2, 0) is 9.84 Å². The average molecular weight is 313 g/mol. The first-order valence-corrected chi connectivity index (χ1v) is 7.70. The second-order valence-electron chi connectivity index (χ2n) is 4.31. The molecule has 0 bridgehead atoms. The van der Waals surface area contributed by atoms with Crippen LogP contribution in [0.3, 0.4) is 0 Å². The van der Waals surface area contributed by atoms with E-state index in [0.717, 1.165) is 12.1 Å². The first-order chi connectivity index (χ1) is 9.88. The van der Waals surface area contributed by atoms with E-state index in [0.29, 0.717) is 17.5 Å².